The van der Waals surface area contributed by atoms with Crippen LogP contribution in [0, 0.1) is 18.8 Å². The molecular weight excluding hydrogens is 496 g/mol. The Morgan fingerprint density at radius 3 is 2.36 bits per heavy atom. The fraction of sp³-hybridized carbons (Fsp3) is 0.619. The van der Waals surface area contributed by atoms with Gasteiger partial charge in [-0.05, 0) is 43.2 Å². The predicted molar refractivity (Wildman–Crippen MR) is 114 cm³/mol. The predicted octanol–water partition coefficient (Wildman–Crippen LogP) is 4.49. The lowest BCUT2D eigenvalue weighted by Crippen LogP contribution is -2.48. The summed E-state index contributed by atoms with van der Waals surface area (Å²) in [5.41, 5.74) is -1.61. The van der Waals surface area contributed by atoms with E-state index in [2.05, 4.69) is 25.6 Å². The van der Waals surface area contributed by atoms with Gasteiger partial charge in [0.2, 0.25) is 11.8 Å². The summed E-state index contributed by atoms with van der Waals surface area (Å²) in [5.74, 6) is 0.115. The minimum absolute atomic E-state index is 0.107. The minimum atomic E-state index is -4.80. The Hall–Kier alpha value is -3.26. The third-order valence-electron chi connectivity index (χ3n) is 6.66. The van der Waals surface area contributed by atoms with E-state index in [1.54, 1.807) is 6.92 Å². The van der Waals surface area contributed by atoms with Crippen LogP contribution in [0.2, 0.25) is 0 Å². The van der Waals surface area contributed by atoms with Crippen molar-refractivity contribution >= 4 is 17.6 Å². The number of fused-ring (bicyclic) bond motifs is 3. The van der Waals surface area contributed by atoms with Gasteiger partial charge in [0.15, 0.2) is 17.5 Å². The molecule has 1 unspecified atom stereocenters. The highest BCUT2D eigenvalue weighted by atomic mass is 19.4. The van der Waals surface area contributed by atoms with Crippen molar-refractivity contribution < 1.29 is 35.5 Å². The van der Waals surface area contributed by atoms with Crippen LogP contribution in [-0.4, -0.2) is 56.2 Å². The summed E-state index contributed by atoms with van der Waals surface area (Å²) in [6.07, 6.45) is -10.4. The number of rotatable bonds is 6. The fourth-order valence-electron chi connectivity index (χ4n) is 5.02. The van der Waals surface area contributed by atoms with Gasteiger partial charge in [-0.25, -0.2) is 4.52 Å². The van der Waals surface area contributed by atoms with E-state index in [1.807, 2.05) is 4.90 Å². The Balaban J connectivity index is 1.43. The average Bonchev–Trinajstić information content (AvgIpc) is 3.46. The van der Waals surface area contributed by atoms with Gasteiger partial charge in [0, 0.05) is 26.1 Å². The second-order valence-corrected chi connectivity index (χ2v) is 9.08. The largest absolute Gasteiger partial charge is 0.477 e. The van der Waals surface area contributed by atoms with Gasteiger partial charge in [-0.1, -0.05) is 12.0 Å². The molecule has 3 aromatic heterocycles. The first kappa shape index (κ1) is 24.4. The third kappa shape index (κ3) is 4.50. The number of alkyl halides is 6. The van der Waals surface area contributed by atoms with Crippen LogP contribution >= 0.6 is 0 Å². The highest BCUT2D eigenvalue weighted by Gasteiger charge is 2.45. The average molecular weight is 519 g/mol. The summed E-state index contributed by atoms with van der Waals surface area (Å²) < 4.78 is 91.7. The van der Waals surface area contributed by atoms with Crippen molar-refractivity contribution in [3.05, 3.63) is 23.7 Å². The SMILES string of the molecule is CC[C@H](Oc1ccc(C(F)(F)F)n2nc(NC3[C@@H]4CC[C@H]3CN(c3nnc(C)o3)C4)nc12)C(F)(F)F. The van der Waals surface area contributed by atoms with Gasteiger partial charge in [0.1, 0.15) is 5.69 Å². The van der Waals surface area contributed by atoms with Crippen LogP contribution in [0.1, 0.15) is 37.8 Å². The lowest BCUT2D eigenvalue weighted by molar-refractivity contribution is -0.195. The number of hydrogen-bond acceptors (Lipinski definition) is 8. The number of ether oxygens (including phenoxy) is 1. The number of nitrogens with one attached hydrogen (secondary N) is 1. The number of nitrogens with zero attached hydrogens (tertiary/aromatic N) is 6. The molecule has 2 aliphatic rings. The van der Waals surface area contributed by atoms with E-state index in [4.69, 9.17) is 9.15 Å². The maximum atomic E-state index is 13.6. The van der Waals surface area contributed by atoms with E-state index in [0.717, 1.165) is 18.9 Å². The van der Waals surface area contributed by atoms with Crippen molar-refractivity contribution in [1.82, 2.24) is 24.8 Å². The van der Waals surface area contributed by atoms with Crippen LogP contribution in [0.4, 0.5) is 38.3 Å². The molecule has 15 heteroatoms. The molecule has 0 amide bonds. The van der Waals surface area contributed by atoms with Crippen LogP contribution in [0.15, 0.2) is 16.5 Å². The van der Waals surface area contributed by atoms with Crippen LogP contribution < -0.4 is 15.0 Å². The van der Waals surface area contributed by atoms with Crippen molar-refractivity contribution in [3.8, 4) is 5.75 Å². The Bertz CT molecular complexity index is 1230. The van der Waals surface area contributed by atoms with Crippen LogP contribution in [0.5, 0.6) is 5.75 Å². The van der Waals surface area contributed by atoms with Crippen molar-refractivity contribution in [2.75, 3.05) is 23.3 Å². The van der Waals surface area contributed by atoms with Crippen molar-refractivity contribution in [2.24, 2.45) is 11.8 Å². The summed E-state index contributed by atoms with van der Waals surface area (Å²) >= 11 is 0. The van der Waals surface area contributed by atoms with Gasteiger partial charge >= 0.3 is 18.4 Å². The zero-order valence-corrected chi connectivity index (χ0v) is 19.3. The number of aromatic nitrogens is 5. The van der Waals surface area contributed by atoms with Crippen LogP contribution in [-0.2, 0) is 6.18 Å². The molecule has 3 aromatic rings. The van der Waals surface area contributed by atoms with Crippen molar-refractivity contribution in [1.29, 1.82) is 0 Å². The third-order valence-corrected chi connectivity index (χ3v) is 6.66. The monoisotopic (exact) mass is 519 g/mol. The Morgan fingerprint density at radius 1 is 1.11 bits per heavy atom. The normalized spacial score (nSPS) is 23.3. The maximum Gasteiger partial charge on any atom is 0.433 e. The molecule has 9 nitrogen and oxygen atoms in total. The molecule has 1 saturated heterocycles. The Morgan fingerprint density at radius 2 is 1.81 bits per heavy atom. The van der Waals surface area contributed by atoms with Gasteiger partial charge in [0.05, 0.1) is 0 Å². The number of anilines is 2. The Labute approximate surface area is 200 Å². The number of aryl methyl sites for hydroxylation is 1. The quantitative estimate of drug-likeness (QED) is 0.477. The van der Waals surface area contributed by atoms with Crippen molar-refractivity contribution in [2.45, 2.75) is 57.6 Å². The molecular formula is C21H23F6N7O2. The molecule has 4 atom stereocenters. The molecule has 1 N–H and O–H groups in total. The standard InChI is InChI=1S/C21H23F6N7O2/c1-3-15(21(25,26)27)36-13-6-7-14(20(22,23)24)34-17(13)29-18(32-34)28-16-11-4-5-12(16)9-33(8-11)19-31-30-10(2)35-19/h6-7,11-12,15-16H,3-5,8-9H2,1-2H3,(H,28,32)/t11-,12+,15-,16?/m0/s1. The number of piperidine rings is 1. The number of hydrogen-bond donors (Lipinski definition) is 1. The smallest absolute Gasteiger partial charge is 0.433 e. The molecule has 1 saturated carbocycles. The van der Waals surface area contributed by atoms with Crippen LogP contribution in [0.25, 0.3) is 5.65 Å². The van der Waals surface area contributed by atoms with Gasteiger partial charge in [-0.3, -0.25) is 0 Å². The number of halogens is 6. The van der Waals surface area contributed by atoms with E-state index in [0.29, 0.717) is 35.6 Å². The maximum absolute atomic E-state index is 13.6. The lowest BCUT2D eigenvalue weighted by atomic mass is 9.92. The van der Waals surface area contributed by atoms with Crippen LogP contribution in [0.3, 0.4) is 0 Å². The van der Waals surface area contributed by atoms with Gasteiger partial charge in [-0.15, -0.1) is 10.2 Å². The highest BCUT2D eigenvalue weighted by Crippen LogP contribution is 2.40. The molecule has 2 bridgehead atoms. The van der Waals surface area contributed by atoms with E-state index in [9.17, 15) is 26.3 Å². The molecule has 36 heavy (non-hydrogen) atoms. The van der Waals surface area contributed by atoms with Gasteiger partial charge in [-0.2, -0.15) is 31.3 Å². The Kier molecular flexibility index (Phi) is 5.90. The first-order chi connectivity index (χ1) is 16.9. The molecule has 2 fully saturated rings. The second-order valence-electron chi connectivity index (χ2n) is 9.08. The van der Waals surface area contributed by atoms with Crippen molar-refractivity contribution in [3.63, 3.8) is 0 Å². The van der Waals surface area contributed by atoms with Gasteiger partial charge in [0.25, 0.3) is 0 Å². The van der Waals surface area contributed by atoms with E-state index >= 15 is 0 Å². The lowest BCUT2D eigenvalue weighted by Gasteiger charge is -2.37. The minimum Gasteiger partial charge on any atom is -0.477 e. The fourth-order valence-corrected chi connectivity index (χ4v) is 5.02. The molecule has 4 heterocycles. The second kappa shape index (κ2) is 8.69. The molecule has 196 valence electrons. The zero-order valence-electron chi connectivity index (χ0n) is 19.3. The van der Waals surface area contributed by atoms with Gasteiger partial charge < -0.3 is 19.4 Å². The summed E-state index contributed by atoms with van der Waals surface area (Å²) in [6, 6.07) is 1.76. The molecule has 0 spiro atoms. The molecule has 0 aromatic carbocycles. The zero-order chi connectivity index (χ0) is 25.8. The van der Waals surface area contributed by atoms with E-state index in [-0.39, 0.29) is 23.8 Å². The van der Waals surface area contributed by atoms with E-state index < -0.39 is 42.0 Å². The van der Waals surface area contributed by atoms with E-state index in [1.165, 1.54) is 6.92 Å². The molecule has 5 rings (SSSR count). The molecule has 1 aliphatic carbocycles. The topological polar surface area (TPSA) is 93.6 Å². The summed E-state index contributed by atoms with van der Waals surface area (Å²) in [5, 5.41) is 15.0. The summed E-state index contributed by atoms with van der Waals surface area (Å²) in [7, 11) is 0. The summed E-state index contributed by atoms with van der Waals surface area (Å²) in [4.78, 5) is 6.10. The molecule has 1 aliphatic heterocycles. The first-order valence-electron chi connectivity index (χ1n) is 11.5. The first-order valence-corrected chi connectivity index (χ1v) is 11.5. The summed E-state index contributed by atoms with van der Waals surface area (Å²) in [6.45, 7) is 4.15. The molecule has 0 radical (unpaired) electrons. The number of pyridine rings is 1. The highest BCUT2D eigenvalue weighted by molar-refractivity contribution is 5.57.